The van der Waals surface area contributed by atoms with Gasteiger partial charge in [-0.15, -0.1) is 0 Å². The van der Waals surface area contributed by atoms with E-state index in [1.54, 1.807) is 12.1 Å². The number of carbonyl (C=O) groups excluding carboxylic acids is 2. The van der Waals surface area contributed by atoms with E-state index in [9.17, 15) is 9.59 Å². The van der Waals surface area contributed by atoms with Gasteiger partial charge in [0.05, 0.1) is 29.5 Å². The summed E-state index contributed by atoms with van der Waals surface area (Å²) in [7, 11) is 1.38. The van der Waals surface area contributed by atoms with Crippen molar-refractivity contribution in [2.75, 3.05) is 18.6 Å². The summed E-state index contributed by atoms with van der Waals surface area (Å²) in [5, 5.41) is 3.34. The molecule has 0 radical (unpaired) electrons. The van der Waals surface area contributed by atoms with Crippen molar-refractivity contribution in [3.63, 3.8) is 0 Å². The van der Waals surface area contributed by atoms with Gasteiger partial charge in [0.2, 0.25) is 0 Å². The highest BCUT2D eigenvalue weighted by molar-refractivity contribution is 6.02. The molecule has 3 aromatic carbocycles. The molecule has 0 unspecified atom stereocenters. The van der Waals surface area contributed by atoms with Gasteiger partial charge in [-0.2, -0.15) is 0 Å². The molecular formula is C29H28N2O3. The van der Waals surface area contributed by atoms with E-state index in [2.05, 4.69) is 40.5 Å². The zero-order chi connectivity index (χ0) is 23.3. The first-order chi connectivity index (χ1) is 16.5. The number of para-hydroxylation sites is 1. The van der Waals surface area contributed by atoms with Crippen molar-refractivity contribution in [1.82, 2.24) is 5.32 Å². The molecule has 0 aromatic heterocycles. The summed E-state index contributed by atoms with van der Waals surface area (Å²) in [5.41, 5.74) is 5.82. The molecule has 5 nitrogen and oxygen atoms in total. The summed E-state index contributed by atoms with van der Waals surface area (Å²) in [5.74, 6) is -0.380. The molecule has 6 rings (SSSR count). The fraction of sp³-hybridized carbons (Fsp3) is 0.310. The van der Waals surface area contributed by atoms with Gasteiger partial charge < -0.3 is 15.0 Å². The summed E-state index contributed by atoms with van der Waals surface area (Å²) in [6.07, 6.45) is 4.16. The minimum atomic E-state index is -0.366. The maximum Gasteiger partial charge on any atom is 0.337 e. The van der Waals surface area contributed by atoms with E-state index in [0.29, 0.717) is 5.56 Å². The van der Waals surface area contributed by atoms with Gasteiger partial charge in [0, 0.05) is 18.5 Å². The van der Waals surface area contributed by atoms with Crippen molar-refractivity contribution in [3.05, 3.63) is 101 Å². The number of rotatable bonds is 6. The monoisotopic (exact) mass is 452 g/mol. The number of benzene rings is 3. The Kier molecular flexibility index (Phi) is 4.76. The molecule has 1 N–H and O–H groups in total. The summed E-state index contributed by atoms with van der Waals surface area (Å²) in [6.45, 7) is 1.78. The molecule has 34 heavy (non-hydrogen) atoms. The van der Waals surface area contributed by atoms with Gasteiger partial charge in [-0.1, -0.05) is 54.6 Å². The molecular weight excluding hydrogens is 424 g/mol. The van der Waals surface area contributed by atoms with E-state index in [4.69, 9.17) is 4.74 Å². The predicted octanol–water partition coefficient (Wildman–Crippen LogP) is 4.94. The number of esters is 1. The van der Waals surface area contributed by atoms with E-state index in [-0.39, 0.29) is 22.8 Å². The standard InChI is InChI=1S/C29H28N2O3/c1-34-27(33)21-10-12-22(13-11-21)29(16-17-29)30-26(32)23-8-5-9-24-25(23)31(19-28(24)14-15-28)18-20-6-3-2-4-7-20/h2-13H,14-19H2,1H3,(H,30,32). The van der Waals surface area contributed by atoms with Crippen LogP contribution in [0.2, 0.25) is 0 Å². The highest BCUT2D eigenvalue weighted by atomic mass is 16.5. The highest BCUT2D eigenvalue weighted by Gasteiger charge is 2.53. The Morgan fingerprint density at radius 3 is 2.29 bits per heavy atom. The first-order valence-corrected chi connectivity index (χ1v) is 12.0. The molecule has 2 saturated carbocycles. The van der Waals surface area contributed by atoms with Crippen LogP contribution in [-0.2, 0) is 22.2 Å². The third kappa shape index (κ3) is 3.47. The second-order valence-electron chi connectivity index (χ2n) is 9.93. The van der Waals surface area contributed by atoms with Crippen molar-refractivity contribution < 1.29 is 14.3 Å². The molecule has 0 bridgehead atoms. The van der Waals surface area contributed by atoms with Crippen LogP contribution in [0.15, 0.2) is 72.8 Å². The molecule has 1 heterocycles. The average Bonchev–Trinajstić information content (AvgIpc) is 3.79. The normalized spacial score (nSPS) is 18.3. The van der Waals surface area contributed by atoms with Crippen LogP contribution >= 0.6 is 0 Å². The molecule has 1 aliphatic heterocycles. The third-order valence-corrected chi connectivity index (χ3v) is 7.69. The topological polar surface area (TPSA) is 58.6 Å². The first-order valence-electron chi connectivity index (χ1n) is 12.0. The second-order valence-corrected chi connectivity index (χ2v) is 9.93. The Hall–Kier alpha value is -3.60. The van der Waals surface area contributed by atoms with Crippen molar-refractivity contribution in [3.8, 4) is 0 Å². The number of nitrogens with zero attached hydrogens (tertiary/aromatic N) is 1. The molecule has 0 atom stereocenters. The Bertz CT molecular complexity index is 1260. The van der Waals surface area contributed by atoms with Gasteiger partial charge in [0.1, 0.15) is 0 Å². The van der Waals surface area contributed by atoms with E-state index in [1.165, 1.54) is 31.1 Å². The number of hydrogen-bond donors (Lipinski definition) is 1. The average molecular weight is 453 g/mol. The number of methoxy groups -OCH3 is 1. The fourth-order valence-electron chi connectivity index (χ4n) is 5.48. The Morgan fingerprint density at radius 1 is 0.912 bits per heavy atom. The quantitative estimate of drug-likeness (QED) is 0.538. The zero-order valence-corrected chi connectivity index (χ0v) is 19.3. The van der Waals surface area contributed by atoms with Gasteiger partial charge >= 0.3 is 5.97 Å². The van der Waals surface area contributed by atoms with Crippen LogP contribution in [0, 0.1) is 0 Å². The van der Waals surface area contributed by atoms with Crippen molar-refractivity contribution in [1.29, 1.82) is 0 Å². The molecule has 2 aliphatic carbocycles. The number of hydrogen-bond acceptors (Lipinski definition) is 4. The molecule has 3 aliphatic rings. The van der Waals surface area contributed by atoms with Gasteiger partial charge in [-0.25, -0.2) is 4.79 Å². The maximum absolute atomic E-state index is 13.7. The third-order valence-electron chi connectivity index (χ3n) is 7.69. The molecule has 5 heteroatoms. The SMILES string of the molecule is COC(=O)c1ccc(C2(NC(=O)c3cccc4c3N(Cc3ccccc3)CC43CC3)CC2)cc1. The number of anilines is 1. The van der Waals surface area contributed by atoms with Crippen molar-refractivity contribution in [2.24, 2.45) is 0 Å². The largest absolute Gasteiger partial charge is 0.465 e. The first kappa shape index (κ1) is 21.0. The zero-order valence-electron chi connectivity index (χ0n) is 19.3. The number of nitrogens with one attached hydrogen (secondary N) is 1. The van der Waals surface area contributed by atoms with E-state index in [0.717, 1.165) is 42.7 Å². The van der Waals surface area contributed by atoms with Crippen LogP contribution in [0.25, 0.3) is 0 Å². The van der Waals surface area contributed by atoms with E-state index < -0.39 is 0 Å². The lowest BCUT2D eigenvalue weighted by Crippen LogP contribution is -2.36. The number of ether oxygens (including phenoxy) is 1. The van der Waals surface area contributed by atoms with Crippen LogP contribution < -0.4 is 10.2 Å². The van der Waals surface area contributed by atoms with Gasteiger partial charge in [-0.05, 0) is 60.6 Å². The summed E-state index contributed by atoms with van der Waals surface area (Å²) in [4.78, 5) is 27.9. The lowest BCUT2D eigenvalue weighted by molar-refractivity contribution is 0.0600. The van der Waals surface area contributed by atoms with Crippen LogP contribution in [-0.4, -0.2) is 25.5 Å². The van der Waals surface area contributed by atoms with E-state index in [1.807, 2.05) is 30.3 Å². The van der Waals surface area contributed by atoms with Crippen LogP contribution in [0.4, 0.5) is 5.69 Å². The Labute approximate surface area is 199 Å². The predicted molar refractivity (Wildman–Crippen MR) is 131 cm³/mol. The number of fused-ring (bicyclic) bond motifs is 2. The summed E-state index contributed by atoms with van der Waals surface area (Å²) in [6, 6.07) is 24.1. The van der Waals surface area contributed by atoms with Crippen LogP contribution in [0.3, 0.4) is 0 Å². The molecule has 1 amide bonds. The smallest absolute Gasteiger partial charge is 0.337 e. The Balaban J connectivity index is 1.29. The van der Waals surface area contributed by atoms with Crippen molar-refractivity contribution in [2.45, 2.75) is 43.2 Å². The molecule has 1 spiro atoms. The van der Waals surface area contributed by atoms with Crippen LogP contribution in [0.1, 0.15) is 63.1 Å². The molecule has 3 aromatic rings. The lowest BCUT2D eigenvalue weighted by Gasteiger charge is -2.24. The van der Waals surface area contributed by atoms with Gasteiger partial charge in [0.15, 0.2) is 0 Å². The molecule has 2 fully saturated rings. The lowest BCUT2D eigenvalue weighted by atomic mass is 9.96. The number of amides is 1. The van der Waals surface area contributed by atoms with E-state index >= 15 is 0 Å². The minimum Gasteiger partial charge on any atom is -0.465 e. The minimum absolute atomic E-state index is 0.0258. The Morgan fingerprint density at radius 2 is 1.65 bits per heavy atom. The van der Waals surface area contributed by atoms with Gasteiger partial charge in [0.25, 0.3) is 5.91 Å². The summed E-state index contributed by atoms with van der Waals surface area (Å²) >= 11 is 0. The van der Waals surface area contributed by atoms with Crippen LogP contribution in [0.5, 0.6) is 0 Å². The molecule has 172 valence electrons. The maximum atomic E-state index is 13.7. The number of carbonyl (C=O) groups is 2. The molecule has 0 saturated heterocycles. The van der Waals surface area contributed by atoms with Crippen molar-refractivity contribution >= 4 is 17.6 Å². The summed E-state index contributed by atoms with van der Waals surface area (Å²) < 4.78 is 4.80. The highest BCUT2D eigenvalue weighted by Crippen LogP contribution is 2.57. The second kappa shape index (κ2) is 7.73. The fourth-order valence-corrected chi connectivity index (χ4v) is 5.48. The van der Waals surface area contributed by atoms with Gasteiger partial charge in [-0.3, -0.25) is 4.79 Å².